The lowest BCUT2D eigenvalue weighted by Gasteiger charge is -2.31. The lowest BCUT2D eigenvalue weighted by molar-refractivity contribution is -0.182. The van der Waals surface area contributed by atoms with Gasteiger partial charge in [0.15, 0.2) is 5.79 Å². The van der Waals surface area contributed by atoms with E-state index >= 15 is 0 Å². The zero-order valence-electron chi connectivity index (χ0n) is 23.2. The molecule has 1 heterocycles. The highest BCUT2D eigenvalue weighted by Crippen LogP contribution is 2.37. The van der Waals surface area contributed by atoms with Gasteiger partial charge in [-0.05, 0) is 42.5 Å². The van der Waals surface area contributed by atoms with Crippen molar-refractivity contribution in [2.75, 3.05) is 27.4 Å². The molecule has 1 spiro atoms. The largest absolute Gasteiger partial charge is 0.497 e. The Kier molecular flexibility index (Phi) is 11.6. The van der Waals surface area contributed by atoms with Gasteiger partial charge in [0.05, 0.1) is 39.1 Å². The molecule has 1 aliphatic carbocycles. The number of aliphatic hydroxyl groups is 1. The summed E-state index contributed by atoms with van der Waals surface area (Å²) in [7, 11) is 3.29. The highest BCUT2D eigenvalue weighted by Gasteiger charge is 2.41. The molecule has 1 saturated carbocycles. The van der Waals surface area contributed by atoms with Crippen molar-refractivity contribution in [3.8, 4) is 17.6 Å². The number of benzene rings is 2. The van der Waals surface area contributed by atoms with Crippen molar-refractivity contribution in [3.63, 3.8) is 0 Å². The minimum Gasteiger partial charge on any atom is -0.497 e. The van der Waals surface area contributed by atoms with Gasteiger partial charge in [0.25, 0.3) is 0 Å². The number of rotatable bonds is 13. The van der Waals surface area contributed by atoms with Crippen molar-refractivity contribution in [1.29, 1.82) is 0 Å². The molecule has 2 fully saturated rings. The third-order valence-corrected chi connectivity index (χ3v) is 7.34. The van der Waals surface area contributed by atoms with Gasteiger partial charge in [-0.2, -0.15) is 0 Å². The number of hydrogen-bond donors (Lipinski definition) is 1. The summed E-state index contributed by atoms with van der Waals surface area (Å²) in [4.78, 5) is 0. The van der Waals surface area contributed by atoms with Crippen LogP contribution in [0.4, 0.5) is 0 Å². The van der Waals surface area contributed by atoms with Crippen molar-refractivity contribution >= 4 is 0 Å². The van der Waals surface area contributed by atoms with Crippen LogP contribution < -0.4 is 4.74 Å². The number of aliphatic hydroxyl groups excluding tert-OH is 1. The molecule has 1 N–H and O–H groups in total. The van der Waals surface area contributed by atoms with Gasteiger partial charge in [-0.15, -0.1) is 0 Å². The molecule has 2 aliphatic rings. The van der Waals surface area contributed by atoms with Gasteiger partial charge in [0.1, 0.15) is 18.0 Å². The summed E-state index contributed by atoms with van der Waals surface area (Å²) in [6, 6.07) is 17.8. The average Bonchev–Trinajstić information content (AvgIpc) is 3.37. The van der Waals surface area contributed by atoms with E-state index in [9.17, 15) is 5.11 Å². The Bertz CT molecular complexity index is 1020. The zero-order valence-corrected chi connectivity index (χ0v) is 23.2. The topological polar surface area (TPSA) is 75.6 Å². The van der Waals surface area contributed by atoms with Crippen LogP contribution in [0.3, 0.4) is 0 Å². The molecule has 2 aromatic carbocycles. The van der Waals surface area contributed by atoms with E-state index in [4.69, 9.17) is 28.4 Å². The summed E-state index contributed by atoms with van der Waals surface area (Å²) in [6.45, 7) is 1.87. The highest BCUT2D eigenvalue weighted by molar-refractivity contribution is 5.26. The first-order valence-corrected chi connectivity index (χ1v) is 14.0. The molecule has 2 aromatic rings. The Hall–Kier alpha value is -2.44. The van der Waals surface area contributed by atoms with Gasteiger partial charge >= 0.3 is 0 Å². The summed E-state index contributed by atoms with van der Waals surface area (Å²) >= 11 is 0. The quantitative estimate of drug-likeness (QED) is 0.283. The van der Waals surface area contributed by atoms with Gasteiger partial charge in [-0.25, -0.2) is 0 Å². The second kappa shape index (κ2) is 15.4. The summed E-state index contributed by atoms with van der Waals surface area (Å²) in [6.07, 6.45) is 4.41. The van der Waals surface area contributed by atoms with Crippen LogP contribution in [0.1, 0.15) is 56.1 Å². The van der Waals surface area contributed by atoms with Crippen molar-refractivity contribution < 1.29 is 33.5 Å². The molecule has 0 aromatic heterocycles. The molecule has 1 saturated heterocycles. The molecule has 1 aliphatic heterocycles. The van der Waals surface area contributed by atoms with E-state index in [1.165, 1.54) is 6.42 Å². The van der Waals surface area contributed by atoms with Crippen LogP contribution in [-0.4, -0.2) is 62.7 Å². The molecule has 4 atom stereocenters. The first-order valence-electron chi connectivity index (χ1n) is 14.0. The SMILES string of the molecule is COc1ccc(COCC[C@H](OCc2ccccc2)[C@H](C[C@H](O)C#C[C@H]2COC3(CCCCC3)O2)OC)cc1. The van der Waals surface area contributed by atoms with Gasteiger partial charge < -0.3 is 33.5 Å². The van der Waals surface area contributed by atoms with Crippen LogP contribution >= 0.6 is 0 Å². The van der Waals surface area contributed by atoms with E-state index < -0.39 is 11.9 Å². The monoisotopic (exact) mass is 538 g/mol. The summed E-state index contributed by atoms with van der Waals surface area (Å²) in [5.74, 6) is 6.39. The molecular formula is C32H42O7. The zero-order chi connectivity index (χ0) is 27.3. The predicted molar refractivity (Wildman–Crippen MR) is 148 cm³/mol. The van der Waals surface area contributed by atoms with Crippen LogP contribution in [0.25, 0.3) is 0 Å². The first kappa shape index (κ1) is 29.5. The predicted octanol–water partition coefficient (Wildman–Crippen LogP) is 5.03. The van der Waals surface area contributed by atoms with Crippen LogP contribution in [0, 0.1) is 11.8 Å². The van der Waals surface area contributed by atoms with Gasteiger partial charge in [0, 0.05) is 33.0 Å². The van der Waals surface area contributed by atoms with Gasteiger partial charge in [-0.1, -0.05) is 60.7 Å². The van der Waals surface area contributed by atoms with Crippen molar-refractivity contribution in [2.45, 2.75) is 88.4 Å². The third kappa shape index (κ3) is 9.32. The minimum absolute atomic E-state index is 0.279. The smallest absolute Gasteiger partial charge is 0.170 e. The van der Waals surface area contributed by atoms with Crippen molar-refractivity contribution in [2.24, 2.45) is 0 Å². The molecule has 0 bridgehead atoms. The summed E-state index contributed by atoms with van der Waals surface area (Å²) in [5.41, 5.74) is 2.14. The molecule has 0 amide bonds. The van der Waals surface area contributed by atoms with E-state index in [1.807, 2.05) is 54.6 Å². The second-order valence-electron chi connectivity index (χ2n) is 10.2. The Morgan fingerprint density at radius 1 is 0.949 bits per heavy atom. The number of ether oxygens (including phenoxy) is 6. The normalized spacial score (nSPS) is 20.6. The van der Waals surface area contributed by atoms with Gasteiger partial charge in [0.2, 0.25) is 0 Å². The molecule has 0 unspecified atom stereocenters. The maximum absolute atomic E-state index is 10.8. The fraction of sp³-hybridized carbons (Fsp3) is 0.562. The van der Waals surface area contributed by atoms with Crippen LogP contribution in [-0.2, 0) is 36.9 Å². The Balaban J connectivity index is 1.30. The lowest BCUT2D eigenvalue weighted by Crippen LogP contribution is -2.35. The lowest BCUT2D eigenvalue weighted by atomic mass is 9.94. The Morgan fingerprint density at radius 3 is 2.41 bits per heavy atom. The molecule has 4 rings (SSSR count). The van der Waals surface area contributed by atoms with E-state index in [0.717, 1.165) is 42.6 Å². The fourth-order valence-corrected chi connectivity index (χ4v) is 5.11. The number of hydrogen-bond acceptors (Lipinski definition) is 7. The van der Waals surface area contributed by atoms with E-state index in [1.54, 1.807) is 14.2 Å². The number of methoxy groups -OCH3 is 2. The van der Waals surface area contributed by atoms with Gasteiger partial charge in [-0.3, -0.25) is 0 Å². The second-order valence-corrected chi connectivity index (χ2v) is 10.2. The van der Waals surface area contributed by atoms with Crippen LogP contribution in [0.2, 0.25) is 0 Å². The van der Waals surface area contributed by atoms with Crippen LogP contribution in [0.15, 0.2) is 54.6 Å². The highest BCUT2D eigenvalue weighted by atomic mass is 16.7. The fourth-order valence-electron chi connectivity index (χ4n) is 5.11. The standard InChI is InChI=1S/C32H42O7/c1-34-28-14-11-26(12-15-28)22-36-20-17-30(37-23-25-9-5-3-6-10-25)31(35-2)21-27(33)13-16-29-24-38-32(39-29)18-7-4-8-19-32/h3,5-6,9-12,14-15,27,29-31,33H,4,7-8,17-24H2,1-2H3/t27-,29+,30+,31+/m1/s1. The molecular weight excluding hydrogens is 496 g/mol. The molecule has 7 heteroatoms. The van der Waals surface area contributed by atoms with E-state index in [0.29, 0.717) is 39.3 Å². The van der Waals surface area contributed by atoms with E-state index in [2.05, 4.69) is 11.8 Å². The summed E-state index contributed by atoms with van der Waals surface area (Å²) < 4.78 is 35.4. The van der Waals surface area contributed by atoms with Crippen molar-refractivity contribution in [3.05, 3.63) is 65.7 Å². The van der Waals surface area contributed by atoms with Crippen molar-refractivity contribution in [1.82, 2.24) is 0 Å². The summed E-state index contributed by atoms with van der Waals surface area (Å²) in [5, 5.41) is 10.8. The Morgan fingerprint density at radius 2 is 1.69 bits per heavy atom. The Labute approximate surface area is 232 Å². The minimum atomic E-state index is -0.871. The van der Waals surface area contributed by atoms with Crippen LogP contribution in [0.5, 0.6) is 5.75 Å². The first-order chi connectivity index (χ1) is 19.1. The molecule has 0 radical (unpaired) electrons. The maximum Gasteiger partial charge on any atom is 0.170 e. The average molecular weight is 539 g/mol. The molecule has 7 nitrogen and oxygen atoms in total. The molecule has 39 heavy (non-hydrogen) atoms. The third-order valence-electron chi connectivity index (χ3n) is 7.34. The maximum atomic E-state index is 10.8. The molecule has 212 valence electrons. The van der Waals surface area contributed by atoms with E-state index in [-0.39, 0.29) is 18.3 Å².